The van der Waals surface area contributed by atoms with E-state index < -0.39 is 0 Å². The Morgan fingerprint density at radius 2 is 1.83 bits per heavy atom. The maximum Gasteiger partial charge on any atom is 0.224 e. The second kappa shape index (κ2) is 7.64. The van der Waals surface area contributed by atoms with Crippen molar-refractivity contribution in [2.24, 2.45) is 0 Å². The monoisotopic (exact) mass is 402 g/mol. The van der Waals surface area contributed by atoms with E-state index in [2.05, 4.69) is 4.98 Å². The van der Waals surface area contributed by atoms with Crippen LogP contribution in [0.25, 0.3) is 23.3 Å². The average Bonchev–Trinajstić information content (AvgIpc) is 2.69. The molecule has 144 valence electrons. The minimum Gasteiger partial charge on any atom is -0.308 e. The van der Waals surface area contributed by atoms with Crippen LogP contribution in [0.2, 0.25) is 5.02 Å². The van der Waals surface area contributed by atoms with Crippen molar-refractivity contribution in [1.82, 2.24) is 4.98 Å². The number of ketones is 1. The quantitative estimate of drug-likeness (QED) is 0.521. The fraction of sp³-hybridized carbons (Fsp3) is 0.125. The number of benzene rings is 2. The van der Waals surface area contributed by atoms with Crippen LogP contribution in [0.5, 0.6) is 0 Å². The zero-order chi connectivity index (χ0) is 20.5. The molecule has 0 spiro atoms. The Labute approximate surface area is 174 Å². The van der Waals surface area contributed by atoms with Crippen LogP contribution in [0.3, 0.4) is 0 Å². The fourth-order valence-corrected chi connectivity index (χ4v) is 3.78. The van der Waals surface area contributed by atoms with Gasteiger partial charge in [0, 0.05) is 29.3 Å². The van der Waals surface area contributed by atoms with Crippen molar-refractivity contribution in [2.75, 3.05) is 4.90 Å². The lowest BCUT2D eigenvalue weighted by Crippen LogP contribution is -2.29. The number of hydrogen-bond donors (Lipinski definition) is 0. The van der Waals surface area contributed by atoms with Crippen LogP contribution in [0.1, 0.15) is 41.0 Å². The summed E-state index contributed by atoms with van der Waals surface area (Å²) in [5, 5.41) is 0.613. The molecule has 0 N–H and O–H groups in total. The Morgan fingerprint density at radius 3 is 2.59 bits per heavy atom. The van der Waals surface area contributed by atoms with Gasteiger partial charge in [-0.3, -0.25) is 14.6 Å². The minimum atomic E-state index is -0.0654. The number of amides is 1. The van der Waals surface area contributed by atoms with Crippen LogP contribution in [-0.2, 0) is 11.3 Å². The van der Waals surface area contributed by atoms with Gasteiger partial charge >= 0.3 is 0 Å². The summed E-state index contributed by atoms with van der Waals surface area (Å²) in [7, 11) is 0. The summed E-state index contributed by atoms with van der Waals surface area (Å²) < 4.78 is 0. The molecule has 0 radical (unpaired) electrons. The number of fused-ring (bicyclic) bond motifs is 2. The molecule has 5 heteroatoms. The normalized spacial score (nSPS) is 12.6. The first kappa shape index (κ1) is 19.1. The smallest absolute Gasteiger partial charge is 0.224 e. The van der Waals surface area contributed by atoms with Crippen molar-refractivity contribution >= 4 is 41.1 Å². The summed E-state index contributed by atoms with van der Waals surface area (Å²) in [6.07, 6.45) is 5.62. The molecule has 0 bridgehead atoms. The van der Waals surface area contributed by atoms with Crippen molar-refractivity contribution in [3.63, 3.8) is 0 Å². The van der Waals surface area contributed by atoms with E-state index in [1.807, 2.05) is 54.6 Å². The van der Waals surface area contributed by atoms with Crippen LogP contribution < -0.4 is 4.90 Å². The third kappa shape index (κ3) is 3.71. The van der Waals surface area contributed by atoms with Gasteiger partial charge in [-0.25, -0.2) is 0 Å². The van der Waals surface area contributed by atoms with Gasteiger partial charge in [0.1, 0.15) is 0 Å². The summed E-state index contributed by atoms with van der Waals surface area (Å²) in [5.74, 6) is -0.0623. The Kier molecular flexibility index (Phi) is 5.03. The molecule has 29 heavy (non-hydrogen) atoms. The molecule has 2 heterocycles. The van der Waals surface area contributed by atoms with Crippen molar-refractivity contribution < 1.29 is 9.59 Å². The first-order valence-electron chi connectivity index (χ1n) is 9.29. The Bertz CT molecular complexity index is 1170. The molecule has 1 aromatic heterocycles. The number of aromatic nitrogens is 1. The molecule has 0 atom stereocenters. The molecular formula is C24H19ClN2O2. The maximum absolute atomic E-state index is 12.4. The van der Waals surface area contributed by atoms with Gasteiger partial charge in [0.15, 0.2) is 5.78 Å². The number of Topliss-reactive ketones (excluding diaryl/α,β-unsaturated/α-hetero) is 1. The van der Waals surface area contributed by atoms with Gasteiger partial charge in [-0.1, -0.05) is 41.9 Å². The van der Waals surface area contributed by atoms with Crippen LogP contribution >= 0.6 is 11.6 Å². The molecule has 3 aromatic rings. The highest BCUT2D eigenvalue weighted by molar-refractivity contribution is 6.30. The molecule has 0 saturated carbocycles. The van der Waals surface area contributed by atoms with E-state index in [1.54, 1.807) is 31.0 Å². The highest BCUT2D eigenvalue weighted by atomic mass is 35.5. The van der Waals surface area contributed by atoms with Gasteiger partial charge in [0.25, 0.3) is 0 Å². The Balaban J connectivity index is 1.86. The molecular weight excluding hydrogens is 384 g/mol. The SMILES string of the molecule is CC(=O)c1ccccc1-c1cnc2c(c1)CN(C(C)=O)c1ccc(Cl)cc1C=C2. The van der Waals surface area contributed by atoms with Gasteiger partial charge in [-0.05, 0) is 54.0 Å². The standard InChI is InChI=1S/C24H19ClN2O2/c1-15(28)21-5-3-4-6-22(21)18-11-19-14-27(16(2)29)24-10-8-20(25)12-17(24)7-9-23(19)26-13-18/h3-13H,14H2,1-2H3. The third-order valence-electron chi connectivity index (χ3n) is 5.03. The minimum absolute atomic E-state index is 0.00315. The zero-order valence-corrected chi connectivity index (χ0v) is 16.9. The molecule has 1 amide bonds. The van der Waals surface area contributed by atoms with Gasteiger partial charge in [-0.15, -0.1) is 0 Å². The van der Waals surface area contributed by atoms with Gasteiger partial charge in [0.05, 0.1) is 17.9 Å². The number of hydrogen-bond acceptors (Lipinski definition) is 3. The highest BCUT2D eigenvalue weighted by Gasteiger charge is 2.20. The molecule has 1 aliphatic rings. The lowest BCUT2D eigenvalue weighted by Gasteiger charge is -2.26. The topological polar surface area (TPSA) is 50.3 Å². The molecule has 1 aliphatic heterocycles. The van der Waals surface area contributed by atoms with E-state index in [9.17, 15) is 9.59 Å². The second-order valence-corrected chi connectivity index (χ2v) is 7.45. The van der Waals surface area contributed by atoms with E-state index in [0.717, 1.165) is 33.6 Å². The number of halogens is 1. The van der Waals surface area contributed by atoms with Crippen LogP contribution in [0.15, 0.2) is 54.7 Å². The molecule has 0 aliphatic carbocycles. The first-order valence-corrected chi connectivity index (χ1v) is 9.67. The van der Waals surface area contributed by atoms with Crippen molar-refractivity contribution in [1.29, 1.82) is 0 Å². The molecule has 2 aromatic carbocycles. The van der Waals surface area contributed by atoms with E-state index in [1.165, 1.54) is 0 Å². The van der Waals surface area contributed by atoms with E-state index >= 15 is 0 Å². The number of rotatable bonds is 2. The van der Waals surface area contributed by atoms with Gasteiger partial charge < -0.3 is 4.90 Å². The summed E-state index contributed by atoms with van der Waals surface area (Å²) in [4.78, 5) is 30.8. The predicted octanol–water partition coefficient (Wildman–Crippen LogP) is 5.64. The van der Waals surface area contributed by atoms with Gasteiger partial charge in [0.2, 0.25) is 5.91 Å². The summed E-state index contributed by atoms with van der Waals surface area (Å²) in [6.45, 7) is 3.49. The van der Waals surface area contributed by atoms with Gasteiger partial charge in [-0.2, -0.15) is 0 Å². The summed E-state index contributed by atoms with van der Waals surface area (Å²) in [5.41, 5.74) is 5.70. The summed E-state index contributed by atoms with van der Waals surface area (Å²) in [6, 6.07) is 15.0. The average molecular weight is 403 g/mol. The number of nitrogens with zero attached hydrogens (tertiary/aromatic N) is 2. The zero-order valence-electron chi connectivity index (χ0n) is 16.1. The molecule has 4 nitrogen and oxygen atoms in total. The molecule has 0 unspecified atom stereocenters. The van der Waals surface area contributed by atoms with E-state index in [-0.39, 0.29) is 11.7 Å². The maximum atomic E-state index is 12.4. The van der Waals surface area contributed by atoms with Crippen LogP contribution in [-0.4, -0.2) is 16.7 Å². The molecule has 0 fully saturated rings. The number of anilines is 1. The number of pyridine rings is 1. The largest absolute Gasteiger partial charge is 0.308 e. The second-order valence-electron chi connectivity index (χ2n) is 7.01. The number of carbonyl (C=O) groups excluding carboxylic acids is 2. The van der Waals surface area contributed by atoms with Crippen molar-refractivity contribution in [3.05, 3.63) is 82.1 Å². The van der Waals surface area contributed by atoms with E-state index in [0.29, 0.717) is 17.1 Å². The summed E-state index contributed by atoms with van der Waals surface area (Å²) >= 11 is 6.15. The Morgan fingerprint density at radius 1 is 1.03 bits per heavy atom. The molecule has 0 saturated heterocycles. The van der Waals surface area contributed by atoms with Crippen LogP contribution in [0.4, 0.5) is 5.69 Å². The third-order valence-corrected chi connectivity index (χ3v) is 5.26. The lowest BCUT2D eigenvalue weighted by atomic mass is 9.96. The van der Waals surface area contributed by atoms with Crippen LogP contribution in [0, 0.1) is 0 Å². The predicted molar refractivity (Wildman–Crippen MR) is 117 cm³/mol. The molecule has 4 rings (SSSR count). The fourth-order valence-electron chi connectivity index (χ4n) is 3.60. The first-order chi connectivity index (χ1) is 13.9. The van der Waals surface area contributed by atoms with Crippen molar-refractivity contribution in [3.8, 4) is 11.1 Å². The Hall–Kier alpha value is -3.24. The van der Waals surface area contributed by atoms with E-state index in [4.69, 9.17) is 11.6 Å². The lowest BCUT2D eigenvalue weighted by molar-refractivity contribution is -0.116. The number of carbonyl (C=O) groups is 2. The highest BCUT2D eigenvalue weighted by Crippen LogP contribution is 2.32. The van der Waals surface area contributed by atoms with Crippen molar-refractivity contribution in [2.45, 2.75) is 20.4 Å².